The molecule has 0 aliphatic heterocycles. The Balaban J connectivity index is 2.26. The summed E-state index contributed by atoms with van der Waals surface area (Å²) in [6.07, 6.45) is 2.89. The van der Waals surface area contributed by atoms with Crippen LogP contribution in [0.5, 0.6) is 0 Å². The number of benzene rings is 1. The van der Waals surface area contributed by atoms with Gasteiger partial charge >= 0.3 is 0 Å². The maximum absolute atomic E-state index is 5.70. The summed E-state index contributed by atoms with van der Waals surface area (Å²) < 4.78 is 0. The number of rotatable bonds is 4. The van der Waals surface area contributed by atoms with E-state index in [4.69, 9.17) is 5.73 Å². The summed E-state index contributed by atoms with van der Waals surface area (Å²) in [5.41, 5.74) is 7.92. The van der Waals surface area contributed by atoms with E-state index in [-0.39, 0.29) is 0 Å². The highest BCUT2D eigenvalue weighted by Crippen LogP contribution is 2.20. The number of hydrogen-bond donors (Lipinski definition) is 2. The first-order chi connectivity index (χ1) is 7.85. The highest BCUT2D eigenvalue weighted by Gasteiger charge is 2.11. The van der Waals surface area contributed by atoms with Crippen LogP contribution in [0, 0.1) is 0 Å². The summed E-state index contributed by atoms with van der Waals surface area (Å²) in [5, 5.41) is 0. The molecule has 0 aliphatic rings. The number of aromatic nitrogens is 2. The second-order valence-electron chi connectivity index (χ2n) is 3.89. The van der Waals surface area contributed by atoms with E-state index in [1.165, 1.54) is 0 Å². The maximum Gasteiger partial charge on any atom is 0.110 e. The van der Waals surface area contributed by atoms with Gasteiger partial charge in [-0.1, -0.05) is 37.3 Å². The molecule has 2 rings (SSSR count). The Morgan fingerprint density at radius 2 is 2.06 bits per heavy atom. The van der Waals surface area contributed by atoms with Crippen LogP contribution < -0.4 is 5.73 Å². The first-order valence-corrected chi connectivity index (χ1v) is 5.65. The van der Waals surface area contributed by atoms with E-state index in [0.29, 0.717) is 12.5 Å². The van der Waals surface area contributed by atoms with Crippen LogP contribution in [0.4, 0.5) is 0 Å². The van der Waals surface area contributed by atoms with E-state index < -0.39 is 0 Å². The van der Waals surface area contributed by atoms with Crippen molar-refractivity contribution < 1.29 is 0 Å². The molecule has 1 heterocycles. The van der Waals surface area contributed by atoms with Crippen molar-refractivity contribution in [1.29, 1.82) is 0 Å². The summed E-state index contributed by atoms with van der Waals surface area (Å²) in [7, 11) is 0. The summed E-state index contributed by atoms with van der Waals surface area (Å²) in [4.78, 5) is 7.74. The first-order valence-electron chi connectivity index (χ1n) is 5.65. The van der Waals surface area contributed by atoms with Gasteiger partial charge in [0.05, 0.1) is 11.9 Å². The topological polar surface area (TPSA) is 54.7 Å². The molecular formula is C13H17N3. The molecule has 2 aromatic rings. The second-order valence-corrected chi connectivity index (χ2v) is 3.89. The van der Waals surface area contributed by atoms with Gasteiger partial charge in [-0.15, -0.1) is 0 Å². The molecule has 1 aromatic carbocycles. The quantitative estimate of drug-likeness (QED) is 0.823. The summed E-state index contributed by atoms with van der Waals surface area (Å²) in [5.74, 6) is 1.32. The summed E-state index contributed by atoms with van der Waals surface area (Å²) in [6.45, 7) is 2.76. The van der Waals surface area contributed by atoms with Crippen molar-refractivity contribution in [2.75, 3.05) is 6.54 Å². The zero-order chi connectivity index (χ0) is 11.4. The fourth-order valence-corrected chi connectivity index (χ4v) is 1.78. The molecule has 0 fully saturated rings. The summed E-state index contributed by atoms with van der Waals surface area (Å²) >= 11 is 0. The number of nitrogens with one attached hydrogen (secondary N) is 1. The fraction of sp³-hybridized carbons (Fsp3) is 0.308. The van der Waals surface area contributed by atoms with E-state index in [1.54, 1.807) is 0 Å². The first kappa shape index (κ1) is 10.9. The Labute approximate surface area is 95.7 Å². The third-order valence-electron chi connectivity index (χ3n) is 2.84. The molecule has 84 valence electrons. The minimum absolute atomic E-state index is 0.331. The Kier molecular flexibility index (Phi) is 3.37. The van der Waals surface area contributed by atoms with Crippen LogP contribution in [0.15, 0.2) is 36.5 Å². The van der Waals surface area contributed by atoms with Crippen LogP contribution >= 0.6 is 0 Å². The van der Waals surface area contributed by atoms with Crippen LogP contribution in [0.2, 0.25) is 0 Å². The van der Waals surface area contributed by atoms with Crippen LogP contribution in [-0.4, -0.2) is 16.5 Å². The molecule has 0 bridgehead atoms. The molecule has 0 saturated heterocycles. The van der Waals surface area contributed by atoms with Gasteiger partial charge in [0.1, 0.15) is 5.82 Å². The van der Waals surface area contributed by atoms with Crippen molar-refractivity contribution in [3.05, 3.63) is 42.4 Å². The SMILES string of the molecule is CCC(CN)c1ncc(-c2ccccc2)[nH]1. The zero-order valence-electron chi connectivity index (χ0n) is 9.48. The molecule has 0 radical (unpaired) electrons. The van der Waals surface area contributed by atoms with Crippen molar-refractivity contribution in [3.63, 3.8) is 0 Å². The minimum atomic E-state index is 0.331. The third-order valence-corrected chi connectivity index (χ3v) is 2.84. The molecule has 16 heavy (non-hydrogen) atoms. The Hall–Kier alpha value is -1.61. The number of hydrogen-bond acceptors (Lipinski definition) is 2. The van der Waals surface area contributed by atoms with Crippen LogP contribution in [0.1, 0.15) is 25.1 Å². The third kappa shape index (κ3) is 2.14. The number of aromatic amines is 1. The average molecular weight is 215 g/mol. The standard InChI is InChI=1S/C13H17N3/c1-2-10(8-14)13-15-9-12(16-13)11-6-4-3-5-7-11/h3-7,9-10H,2,8,14H2,1H3,(H,15,16). The van der Waals surface area contributed by atoms with Crippen molar-refractivity contribution >= 4 is 0 Å². The molecular weight excluding hydrogens is 198 g/mol. The highest BCUT2D eigenvalue weighted by atomic mass is 14.9. The Morgan fingerprint density at radius 1 is 1.31 bits per heavy atom. The van der Waals surface area contributed by atoms with Crippen LogP contribution in [-0.2, 0) is 0 Å². The number of imidazole rings is 1. The van der Waals surface area contributed by atoms with E-state index in [9.17, 15) is 0 Å². The predicted molar refractivity (Wildman–Crippen MR) is 66.1 cm³/mol. The smallest absolute Gasteiger partial charge is 0.110 e. The molecule has 1 unspecified atom stereocenters. The molecule has 0 aliphatic carbocycles. The molecule has 0 spiro atoms. The maximum atomic E-state index is 5.70. The molecule has 1 atom stereocenters. The van der Waals surface area contributed by atoms with Crippen molar-refractivity contribution in [2.24, 2.45) is 5.73 Å². The van der Waals surface area contributed by atoms with Crippen molar-refractivity contribution in [1.82, 2.24) is 9.97 Å². The van der Waals surface area contributed by atoms with E-state index >= 15 is 0 Å². The molecule has 0 saturated carbocycles. The van der Waals surface area contributed by atoms with Gasteiger partial charge in [-0.05, 0) is 12.0 Å². The van der Waals surface area contributed by atoms with Crippen molar-refractivity contribution in [3.8, 4) is 11.3 Å². The van der Waals surface area contributed by atoms with Gasteiger partial charge in [0.25, 0.3) is 0 Å². The molecule has 3 heteroatoms. The normalized spacial score (nSPS) is 12.6. The summed E-state index contributed by atoms with van der Waals surface area (Å²) in [6, 6.07) is 10.2. The van der Waals surface area contributed by atoms with E-state index in [0.717, 1.165) is 23.5 Å². The van der Waals surface area contributed by atoms with Crippen LogP contribution in [0.3, 0.4) is 0 Å². The molecule has 0 amide bonds. The highest BCUT2D eigenvalue weighted by molar-refractivity contribution is 5.58. The number of H-pyrrole nitrogens is 1. The zero-order valence-corrected chi connectivity index (χ0v) is 9.48. The van der Waals surface area contributed by atoms with Gasteiger partial charge in [0, 0.05) is 12.5 Å². The number of nitrogens with zero attached hydrogens (tertiary/aromatic N) is 1. The number of nitrogens with two attached hydrogens (primary N) is 1. The van der Waals surface area contributed by atoms with E-state index in [2.05, 4.69) is 29.0 Å². The van der Waals surface area contributed by atoms with Crippen molar-refractivity contribution in [2.45, 2.75) is 19.3 Å². The molecule has 3 nitrogen and oxygen atoms in total. The predicted octanol–water partition coefficient (Wildman–Crippen LogP) is 2.53. The average Bonchev–Trinajstić information content (AvgIpc) is 2.81. The fourth-order valence-electron chi connectivity index (χ4n) is 1.78. The van der Waals surface area contributed by atoms with Gasteiger partial charge in [-0.2, -0.15) is 0 Å². The van der Waals surface area contributed by atoms with Crippen LogP contribution in [0.25, 0.3) is 11.3 Å². The van der Waals surface area contributed by atoms with Gasteiger partial charge in [-0.25, -0.2) is 4.98 Å². The lowest BCUT2D eigenvalue weighted by atomic mass is 10.1. The molecule has 1 aromatic heterocycles. The minimum Gasteiger partial charge on any atom is -0.342 e. The Bertz CT molecular complexity index is 429. The lowest BCUT2D eigenvalue weighted by molar-refractivity contribution is 0.639. The Morgan fingerprint density at radius 3 is 2.69 bits per heavy atom. The van der Waals surface area contributed by atoms with Gasteiger partial charge in [0.15, 0.2) is 0 Å². The second kappa shape index (κ2) is 4.94. The van der Waals surface area contributed by atoms with Gasteiger partial charge in [0.2, 0.25) is 0 Å². The lowest BCUT2D eigenvalue weighted by Crippen LogP contribution is -2.12. The largest absolute Gasteiger partial charge is 0.342 e. The monoisotopic (exact) mass is 215 g/mol. The van der Waals surface area contributed by atoms with E-state index in [1.807, 2.05) is 24.4 Å². The lowest BCUT2D eigenvalue weighted by Gasteiger charge is -2.07. The molecule has 3 N–H and O–H groups in total. The van der Waals surface area contributed by atoms with Gasteiger partial charge in [-0.3, -0.25) is 0 Å². The van der Waals surface area contributed by atoms with Gasteiger partial charge < -0.3 is 10.7 Å².